The van der Waals surface area contributed by atoms with E-state index in [9.17, 15) is 0 Å². The summed E-state index contributed by atoms with van der Waals surface area (Å²) in [5.74, 6) is 1.23. The van der Waals surface area contributed by atoms with Crippen LogP contribution in [-0.2, 0) is 0 Å². The first-order valence-corrected chi connectivity index (χ1v) is 6.87. The number of nitrogens with two attached hydrogens (primary N) is 1. The van der Waals surface area contributed by atoms with Gasteiger partial charge < -0.3 is 16.4 Å². The van der Waals surface area contributed by atoms with Crippen molar-refractivity contribution in [3.63, 3.8) is 0 Å². The van der Waals surface area contributed by atoms with E-state index in [1.54, 1.807) is 0 Å². The number of nitrogens with one attached hydrogen (secondary N) is 2. The summed E-state index contributed by atoms with van der Waals surface area (Å²) in [6.07, 6.45) is 4.47. The lowest BCUT2D eigenvalue weighted by Crippen LogP contribution is -2.39. The first kappa shape index (κ1) is 14.2. The monoisotopic (exact) mass is 219 g/mol. The van der Waals surface area contributed by atoms with Gasteiger partial charge >= 0.3 is 0 Å². The second-order valence-electron chi connectivity index (χ2n) is 3.38. The smallest absolute Gasteiger partial charge is 0.0200 e. The molecule has 86 valence electrons. The Hall–Kier alpha value is 0.230. The second kappa shape index (κ2) is 11.3. The Morgan fingerprint density at radius 1 is 1.43 bits per heavy atom. The molecule has 0 saturated carbocycles. The highest BCUT2D eigenvalue weighted by atomic mass is 32.2. The van der Waals surface area contributed by atoms with Crippen LogP contribution < -0.4 is 16.4 Å². The largest absolute Gasteiger partial charge is 0.330 e. The van der Waals surface area contributed by atoms with Gasteiger partial charge in [-0.1, -0.05) is 6.92 Å². The first-order chi connectivity index (χ1) is 6.85. The topological polar surface area (TPSA) is 50.1 Å². The Balaban J connectivity index is 3.40. The van der Waals surface area contributed by atoms with Crippen LogP contribution >= 0.6 is 11.8 Å². The fourth-order valence-corrected chi connectivity index (χ4v) is 1.85. The van der Waals surface area contributed by atoms with Gasteiger partial charge in [0.2, 0.25) is 0 Å². The Labute approximate surface area is 92.6 Å². The van der Waals surface area contributed by atoms with Crippen LogP contribution in [0.2, 0.25) is 0 Å². The third-order valence-electron chi connectivity index (χ3n) is 2.11. The molecule has 3 nitrogen and oxygen atoms in total. The zero-order valence-electron chi connectivity index (χ0n) is 9.51. The molecule has 0 heterocycles. The Bertz CT molecular complexity index is 112. The standard InChI is InChI=1S/C10H25N3S/c1-3-13-10(5-8-14-2)9-12-7-4-6-11/h10,12-13H,3-9,11H2,1-2H3/t10-/m0/s1. The predicted molar refractivity (Wildman–Crippen MR) is 67.0 cm³/mol. The molecule has 0 fully saturated rings. The lowest BCUT2D eigenvalue weighted by atomic mass is 10.2. The van der Waals surface area contributed by atoms with E-state index >= 15 is 0 Å². The van der Waals surface area contributed by atoms with Gasteiger partial charge in [0.1, 0.15) is 0 Å². The van der Waals surface area contributed by atoms with E-state index in [-0.39, 0.29) is 0 Å². The van der Waals surface area contributed by atoms with Crippen molar-refractivity contribution in [3.8, 4) is 0 Å². The summed E-state index contributed by atoms with van der Waals surface area (Å²) in [6, 6.07) is 0.616. The molecule has 0 saturated heterocycles. The molecule has 0 spiro atoms. The van der Waals surface area contributed by atoms with Gasteiger partial charge in [0.25, 0.3) is 0 Å². The van der Waals surface area contributed by atoms with Crippen LogP contribution in [-0.4, -0.2) is 44.2 Å². The van der Waals surface area contributed by atoms with Crippen LogP contribution in [0.4, 0.5) is 0 Å². The molecule has 0 aliphatic heterocycles. The summed E-state index contributed by atoms with van der Waals surface area (Å²) >= 11 is 1.91. The second-order valence-corrected chi connectivity index (χ2v) is 4.37. The molecule has 0 aromatic heterocycles. The van der Waals surface area contributed by atoms with Crippen molar-refractivity contribution >= 4 is 11.8 Å². The molecular weight excluding hydrogens is 194 g/mol. The predicted octanol–water partition coefficient (Wildman–Crippen LogP) is 0.656. The van der Waals surface area contributed by atoms with Crippen LogP contribution in [0, 0.1) is 0 Å². The van der Waals surface area contributed by atoms with Gasteiger partial charge in [-0.2, -0.15) is 11.8 Å². The summed E-state index contributed by atoms with van der Waals surface area (Å²) in [4.78, 5) is 0. The van der Waals surface area contributed by atoms with Crippen molar-refractivity contribution in [3.05, 3.63) is 0 Å². The molecule has 4 N–H and O–H groups in total. The minimum absolute atomic E-state index is 0.616. The number of thioether (sulfide) groups is 1. The van der Waals surface area contributed by atoms with Crippen molar-refractivity contribution in [1.29, 1.82) is 0 Å². The van der Waals surface area contributed by atoms with Gasteiger partial charge in [0.15, 0.2) is 0 Å². The highest BCUT2D eigenvalue weighted by molar-refractivity contribution is 7.98. The molecule has 1 atom stereocenters. The minimum atomic E-state index is 0.616. The van der Waals surface area contributed by atoms with Crippen LogP contribution in [0.25, 0.3) is 0 Å². The maximum Gasteiger partial charge on any atom is 0.0200 e. The molecule has 0 unspecified atom stereocenters. The summed E-state index contributed by atoms with van der Waals surface area (Å²) < 4.78 is 0. The van der Waals surface area contributed by atoms with Crippen LogP contribution in [0.3, 0.4) is 0 Å². The number of hydrogen-bond acceptors (Lipinski definition) is 4. The molecule has 4 heteroatoms. The van der Waals surface area contributed by atoms with Crippen LogP contribution in [0.1, 0.15) is 19.8 Å². The normalized spacial score (nSPS) is 13.1. The average molecular weight is 219 g/mol. The molecule has 14 heavy (non-hydrogen) atoms. The Kier molecular flexibility index (Phi) is 11.5. The maximum atomic E-state index is 5.43. The molecular formula is C10H25N3S. The molecule has 0 aromatic carbocycles. The fraction of sp³-hybridized carbons (Fsp3) is 1.00. The van der Waals surface area contributed by atoms with E-state index < -0.39 is 0 Å². The van der Waals surface area contributed by atoms with E-state index in [0.717, 1.165) is 32.6 Å². The van der Waals surface area contributed by atoms with Crippen molar-refractivity contribution in [2.75, 3.05) is 38.2 Å². The SMILES string of the molecule is CCN[C@@H](CCSC)CNCCCN. The lowest BCUT2D eigenvalue weighted by molar-refractivity contribution is 0.473. The van der Waals surface area contributed by atoms with Crippen molar-refractivity contribution < 1.29 is 0 Å². The summed E-state index contributed by atoms with van der Waals surface area (Å²) in [6.45, 7) is 6.10. The zero-order chi connectivity index (χ0) is 10.6. The van der Waals surface area contributed by atoms with E-state index in [4.69, 9.17) is 5.73 Å². The van der Waals surface area contributed by atoms with Crippen LogP contribution in [0.5, 0.6) is 0 Å². The summed E-state index contributed by atoms with van der Waals surface area (Å²) in [5, 5.41) is 6.92. The van der Waals surface area contributed by atoms with Crippen molar-refractivity contribution in [1.82, 2.24) is 10.6 Å². The van der Waals surface area contributed by atoms with Gasteiger partial charge in [-0.25, -0.2) is 0 Å². The van der Waals surface area contributed by atoms with Gasteiger partial charge in [-0.15, -0.1) is 0 Å². The van der Waals surface area contributed by atoms with Crippen LogP contribution in [0.15, 0.2) is 0 Å². The molecule has 0 radical (unpaired) electrons. The zero-order valence-corrected chi connectivity index (χ0v) is 10.3. The average Bonchev–Trinajstić information content (AvgIpc) is 2.20. The Morgan fingerprint density at radius 3 is 2.79 bits per heavy atom. The fourth-order valence-electron chi connectivity index (χ4n) is 1.33. The molecule has 0 rings (SSSR count). The highest BCUT2D eigenvalue weighted by Crippen LogP contribution is 1.99. The lowest BCUT2D eigenvalue weighted by Gasteiger charge is -2.17. The van der Waals surface area contributed by atoms with Gasteiger partial charge in [-0.05, 0) is 44.5 Å². The summed E-state index contributed by atoms with van der Waals surface area (Å²) in [5.41, 5.74) is 5.43. The van der Waals surface area contributed by atoms with Gasteiger partial charge in [-0.3, -0.25) is 0 Å². The molecule has 0 aliphatic rings. The number of hydrogen-bond donors (Lipinski definition) is 3. The third kappa shape index (κ3) is 8.81. The molecule has 0 amide bonds. The number of likely N-dealkylation sites (N-methyl/N-ethyl adjacent to an activating group) is 1. The molecule has 0 aromatic rings. The minimum Gasteiger partial charge on any atom is -0.330 e. The third-order valence-corrected chi connectivity index (χ3v) is 2.76. The first-order valence-electron chi connectivity index (χ1n) is 5.48. The van der Waals surface area contributed by atoms with Gasteiger partial charge in [0, 0.05) is 12.6 Å². The maximum absolute atomic E-state index is 5.43. The van der Waals surface area contributed by atoms with E-state index in [0.29, 0.717) is 6.04 Å². The molecule has 0 bridgehead atoms. The quantitative estimate of drug-likeness (QED) is 0.472. The highest BCUT2D eigenvalue weighted by Gasteiger charge is 2.04. The van der Waals surface area contributed by atoms with E-state index in [2.05, 4.69) is 23.8 Å². The summed E-state index contributed by atoms with van der Waals surface area (Å²) in [7, 11) is 0. The Morgan fingerprint density at radius 2 is 2.21 bits per heavy atom. The van der Waals surface area contributed by atoms with E-state index in [1.165, 1.54) is 12.2 Å². The van der Waals surface area contributed by atoms with Crippen molar-refractivity contribution in [2.45, 2.75) is 25.8 Å². The van der Waals surface area contributed by atoms with Gasteiger partial charge in [0.05, 0.1) is 0 Å². The molecule has 0 aliphatic carbocycles. The van der Waals surface area contributed by atoms with Crippen molar-refractivity contribution in [2.24, 2.45) is 5.73 Å². The van der Waals surface area contributed by atoms with E-state index in [1.807, 2.05) is 11.8 Å². The number of rotatable bonds is 10.